The van der Waals surface area contributed by atoms with Gasteiger partial charge in [0.05, 0.1) is 13.2 Å². The lowest BCUT2D eigenvalue weighted by Crippen LogP contribution is -2.29. The van der Waals surface area contributed by atoms with E-state index in [1.807, 2.05) is 0 Å². The van der Waals surface area contributed by atoms with Crippen molar-refractivity contribution in [3.63, 3.8) is 0 Å². The number of carbonyl (C=O) groups is 2. The molecule has 9 nitrogen and oxygen atoms in total. The van der Waals surface area contributed by atoms with Gasteiger partial charge in [-0.05, 0) is 12.8 Å². The van der Waals surface area contributed by atoms with E-state index in [4.69, 9.17) is 24.3 Å². The highest BCUT2D eigenvalue weighted by atomic mass is 31.2. The molecule has 0 aliphatic heterocycles. The van der Waals surface area contributed by atoms with Crippen LogP contribution in [0.5, 0.6) is 0 Å². The summed E-state index contributed by atoms with van der Waals surface area (Å²) in [5, 5.41) is 0. The van der Waals surface area contributed by atoms with Crippen LogP contribution in [0.3, 0.4) is 0 Å². The monoisotopic (exact) mass is 860 g/mol. The third-order valence-corrected chi connectivity index (χ3v) is 12.5. The fraction of sp³-hybridized carbons (Fsp3) is 0.959. The average Bonchev–Trinajstić information content (AvgIpc) is 3.22. The Labute approximate surface area is 365 Å². The van der Waals surface area contributed by atoms with Gasteiger partial charge in [0.25, 0.3) is 0 Å². The van der Waals surface area contributed by atoms with E-state index in [-0.39, 0.29) is 38.6 Å². The zero-order chi connectivity index (χ0) is 43.2. The lowest BCUT2D eigenvalue weighted by Gasteiger charge is -2.19. The molecule has 0 saturated carbocycles. The standard InChI is InChI=1S/C49H98NO8P/c1-3-5-7-9-11-13-15-17-19-21-22-23-24-26-27-29-31-33-35-37-39-41-48(51)55-45-47(46-57-59(53,54)56-44-43-50)58-49(52)42-40-38-36-34-32-30-28-25-20-18-16-14-12-10-8-6-4-2/h47H,3-46,50H2,1-2H3,(H,53,54). The molecular formula is C49H98NO8P. The lowest BCUT2D eigenvalue weighted by atomic mass is 10.0. The minimum absolute atomic E-state index is 0.0584. The first kappa shape index (κ1) is 58.0. The predicted molar refractivity (Wildman–Crippen MR) is 248 cm³/mol. The highest BCUT2D eigenvalue weighted by Gasteiger charge is 2.26. The number of ether oxygens (including phenoxy) is 2. The van der Waals surface area contributed by atoms with Crippen molar-refractivity contribution in [1.82, 2.24) is 0 Å². The van der Waals surface area contributed by atoms with Crippen LogP contribution in [0.15, 0.2) is 0 Å². The summed E-state index contributed by atoms with van der Waals surface area (Å²) in [5.74, 6) is -0.806. The van der Waals surface area contributed by atoms with Crippen molar-refractivity contribution < 1.29 is 37.6 Å². The second-order valence-corrected chi connectivity index (χ2v) is 18.9. The Morgan fingerprint density at radius 1 is 0.441 bits per heavy atom. The molecule has 3 N–H and O–H groups in total. The van der Waals surface area contributed by atoms with Crippen LogP contribution < -0.4 is 5.73 Å². The molecule has 0 aromatic rings. The van der Waals surface area contributed by atoms with Crippen LogP contribution in [0.2, 0.25) is 0 Å². The molecule has 0 amide bonds. The topological polar surface area (TPSA) is 134 Å². The van der Waals surface area contributed by atoms with Crippen LogP contribution in [0, 0.1) is 0 Å². The molecule has 352 valence electrons. The number of nitrogens with two attached hydrogens (primary N) is 1. The molecule has 2 atom stereocenters. The summed E-state index contributed by atoms with van der Waals surface area (Å²) in [6.45, 7) is 3.80. The number of unbranched alkanes of at least 4 members (excludes halogenated alkanes) is 36. The maximum Gasteiger partial charge on any atom is 0.472 e. The molecule has 0 aromatic heterocycles. The van der Waals surface area contributed by atoms with Gasteiger partial charge in [-0.3, -0.25) is 18.6 Å². The van der Waals surface area contributed by atoms with Crippen molar-refractivity contribution in [2.45, 2.75) is 277 Å². The van der Waals surface area contributed by atoms with Crippen LogP contribution in [-0.2, 0) is 32.7 Å². The van der Waals surface area contributed by atoms with Gasteiger partial charge in [-0.2, -0.15) is 0 Å². The van der Waals surface area contributed by atoms with Gasteiger partial charge in [0.2, 0.25) is 0 Å². The van der Waals surface area contributed by atoms with Gasteiger partial charge in [0.15, 0.2) is 6.10 Å². The Kier molecular flexibility index (Phi) is 45.7. The van der Waals surface area contributed by atoms with Gasteiger partial charge in [-0.1, -0.05) is 245 Å². The number of hydrogen-bond acceptors (Lipinski definition) is 8. The second-order valence-electron chi connectivity index (χ2n) is 17.4. The first-order valence-electron chi connectivity index (χ1n) is 25.5. The van der Waals surface area contributed by atoms with E-state index in [0.717, 1.165) is 32.1 Å². The number of hydrogen-bond donors (Lipinski definition) is 2. The molecule has 59 heavy (non-hydrogen) atoms. The number of rotatable bonds is 49. The third kappa shape index (κ3) is 46.3. The fourth-order valence-electron chi connectivity index (χ4n) is 7.70. The summed E-state index contributed by atoms with van der Waals surface area (Å²) in [7, 11) is -4.37. The molecule has 0 spiro atoms. The molecular weight excluding hydrogens is 762 g/mol. The SMILES string of the molecule is CCCCCCCCCCCCCCCCCCCCCCCC(=O)OCC(COP(=O)(O)OCCN)OC(=O)CCCCCCCCCCCCCCCCCCC. The van der Waals surface area contributed by atoms with Gasteiger partial charge in [0.1, 0.15) is 6.61 Å². The van der Waals surface area contributed by atoms with Crippen LogP contribution >= 0.6 is 7.82 Å². The van der Waals surface area contributed by atoms with Gasteiger partial charge in [-0.15, -0.1) is 0 Å². The highest BCUT2D eigenvalue weighted by molar-refractivity contribution is 7.47. The number of phosphoric ester groups is 1. The Balaban J connectivity index is 3.98. The van der Waals surface area contributed by atoms with Crippen LogP contribution in [0.4, 0.5) is 0 Å². The van der Waals surface area contributed by atoms with Crippen LogP contribution in [0.1, 0.15) is 271 Å². The average molecular weight is 860 g/mol. The Morgan fingerprint density at radius 3 is 1.03 bits per heavy atom. The van der Waals surface area contributed by atoms with E-state index in [0.29, 0.717) is 6.42 Å². The van der Waals surface area contributed by atoms with Crippen LogP contribution in [-0.4, -0.2) is 49.3 Å². The summed E-state index contributed by atoms with van der Waals surface area (Å²) < 4.78 is 32.9. The quantitative estimate of drug-likeness (QED) is 0.0348. The third-order valence-electron chi connectivity index (χ3n) is 11.5. The molecule has 0 aliphatic rings. The van der Waals surface area contributed by atoms with Gasteiger partial charge < -0.3 is 20.1 Å². The molecule has 2 unspecified atom stereocenters. The molecule has 0 heterocycles. The summed E-state index contributed by atoms with van der Waals surface area (Å²) >= 11 is 0. The number of carbonyl (C=O) groups excluding carboxylic acids is 2. The van der Waals surface area contributed by atoms with Crippen molar-refractivity contribution in [3.8, 4) is 0 Å². The largest absolute Gasteiger partial charge is 0.472 e. The molecule has 0 aliphatic carbocycles. The molecule has 0 aromatic carbocycles. The summed E-state index contributed by atoms with van der Waals surface area (Å²) in [4.78, 5) is 35.0. The van der Waals surface area contributed by atoms with E-state index in [2.05, 4.69) is 13.8 Å². The van der Waals surface area contributed by atoms with Crippen molar-refractivity contribution in [2.24, 2.45) is 5.73 Å². The van der Waals surface area contributed by atoms with Crippen molar-refractivity contribution >= 4 is 19.8 Å². The smallest absolute Gasteiger partial charge is 0.462 e. The minimum Gasteiger partial charge on any atom is -0.462 e. The summed E-state index contributed by atoms with van der Waals surface area (Å²) in [6.07, 6.45) is 48.5. The Bertz CT molecular complexity index is 938. The maximum atomic E-state index is 12.6. The minimum atomic E-state index is -4.37. The fourth-order valence-corrected chi connectivity index (χ4v) is 8.46. The van der Waals surface area contributed by atoms with E-state index in [9.17, 15) is 19.0 Å². The first-order valence-corrected chi connectivity index (χ1v) is 27.0. The van der Waals surface area contributed by atoms with Crippen LogP contribution in [0.25, 0.3) is 0 Å². The van der Waals surface area contributed by atoms with Gasteiger partial charge in [0, 0.05) is 19.4 Å². The van der Waals surface area contributed by atoms with Crippen molar-refractivity contribution in [3.05, 3.63) is 0 Å². The van der Waals surface area contributed by atoms with E-state index >= 15 is 0 Å². The predicted octanol–water partition coefficient (Wildman–Crippen LogP) is 15.2. The summed E-state index contributed by atoms with van der Waals surface area (Å²) in [6, 6.07) is 0. The molecule has 0 fully saturated rings. The van der Waals surface area contributed by atoms with E-state index in [1.54, 1.807) is 0 Å². The van der Waals surface area contributed by atoms with Gasteiger partial charge >= 0.3 is 19.8 Å². The molecule has 0 radical (unpaired) electrons. The Hall–Kier alpha value is -0.990. The highest BCUT2D eigenvalue weighted by Crippen LogP contribution is 2.43. The summed E-state index contributed by atoms with van der Waals surface area (Å²) in [5.41, 5.74) is 5.37. The van der Waals surface area contributed by atoms with E-state index in [1.165, 1.54) is 205 Å². The Morgan fingerprint density at radius 2 is 0.729 bits per heavy atom. The molecule has 0 saturated heterocycles. The van der Waals surface area contributed by atoms with Gasteiger partial charge in [-0.25, -0.2) is 4.57 Å². The zero-order valence-corrected chi connectivity index (χ0v) is 39.9. The molecule has 0 rings (SSSR count). The maximum absolute atomic E-state index is 12.6. The van der Waals surface area contributed by atoms with Crippen molar-refractivity contribution in [2.75, 3.05) is 26.4 Å². The van der Waals surface area contributed by atoms with Crippen molar-refractivity contribution in [1.29, 1.82) is 0 Å². The second kappa shape index (κ2) is 46.5. The number of phosphoric acid groups is 1. The number of esters is 2. The molecule has 0 bridgehead atoms. The lowest BCUT2D eigenvalue weighted by molar-refractivity contribution is -0.161. The molecule has 10 heteroatoms. The van der Waals surface area contributed by atoms with E-state index < -0.39 is 26.5 Å². The zero-order valence-electron chi connectivity index (χ0n) is 39.0. The normalized spacial score (nSPS) is 13.1. The first-order chi connectivity index (χ1) is 28.8.